The number of nitro groups is 1. The van der Waals surface area contributed by atoms with Crippen LogP contribution in [0.2, 0.25) is 0 Å². The van der Waals surface area contributed by atoms with Gasteiger partial charge in [0.15, 0.2) is 11.6 Å². The zero-order chi connectivity index (χ0) is 30.6. The maximum Gasteiger partial charge on any atom is 0.346 e. The number of carbonyl (C=O) groups is 1. The second-order valence-electron chi connectivity index (χ2n) is 9.64. The summed E-state index contributed by atoms with van der Waals surface area (Å²) >= 11 is 0. The van der Waals surface area contributed by atoms with E-state index in [-0.39, 0.29) is 23.8 Å². The van der Waals surface area contributed by atoms with E-state index in [2.05, 4.69) is 0 Å². The number of thiol groups is 1. The standard InChI is InChI=1S/C24H29F3N2O9S2/c1-6-11-40(35,36)12-7-10-28(39(33)34)17-13-15(25)20(26)22(21(17)27)37-18-9-8-16(29(31)32)19(14(18)2)23(30)38-24(3,4)5/h8-9,13,39H,6-7,10-12H2,1-5H3. The van der Waals surface area contributed by atoms with Crippen molar-refractivity contribution in [3.05, 3.63) is 56.9 Å². The van der Waals surface area contributed by atoms with Crippen molar-refractivity contribution in [3.63, 3.8) is 0 Å². The molecule has 0 saturated carbocycles. The van der Waals surface area contributed by atoms with E-state index in [0.717, 1.165) is 12.1 Å². The molecule has 222 valence electrons. The molecule has 0 atom stereocenters. The Morgan fingerprint density at radius 2 is 1.75 bits per heavy atom. The van der Waals surface area contributed by atoms with E-state index in [0.29, 0.717) is 10.7 Å². The van der Waals surface area contributed by atoms with E-state index in [1.54, 1.807) is 6.92 Å². The molecule has 2 aromatic rings. The van der Waals surface area contributed by atoms with Crippen LogP contribution in [0.5, 0.6) is 11.5 Å². The highest BCUT2D eigenvalue weighted by Gasteiger charge is 2.31. The van der Waals surface area contributed by atoms with E-state index >= 15 is 4.39 Å². The van der Waals surface area contributed by atoms with Crippen LogP contribution in [0.25, 0.3) is 0 Å². The zero-order valence-corrected chi connectivity index (χ0v) is 24.0. The molecule has 0 amide bonds. The molecule has 0 unspecified atom stereocenters. The van der Waals surface area contributed by atoms with E-state index in [1.807, 2.05) is 0 Å². The fourth-order valence-corrected chi connectivity index (χ4v) is 5.64. The van der Waals surface area contributed by atoms with Gasteiger partial charge in [0.05, 0.1) is 16.4 Å². The first kappa shape index (κ1) is 32.8. The van der Waals surface area contributed by atoms with E-state index in [9.17, 15) is 40.5 Å². The van der Waals surface area contributed by atoms with Crippen LogP contribution in [0.4, 0.5) is 24.5 Å². The van der Waals surface area contributed by atoms with E-state index in [4.69, 9.17) is 9.47 Å². The van der Waals surface area contributed by atoms with Crippen LogP contribution < -0.4 is 9.04 Å². The number of hydrogen-bond donors (Lipinski definition) is 1. The van der Waals surface area contributed by atoms with Gasteiger partial charge in [-0.25, -0.2) is 30.4 Å². The third-order valence-electron chi connectivity index (χ3n) is 5.32. The molecular weight excluding hydrogens is 581 g/mol. The van der Waals surface area contributed by atoms with Crippen molar-refractivity contribution in [1.82, 2.24) is 0 Å². The third kappa shape index (κ3) is 8.06. The van der Waals surface area contributed by atoms with Crippen LogP contribution in [0, 0.1) is 34.5 Å². The van der Waals surface area contributed by atoms with Gasteiger partial charge in [0.2, 0.25) is 22.5 Å². The SMILES string of the molecule is CCCS(=O)(=O)CCCN(c1cc(F)c(F)c(Oc2ccc([N+](=O)[O-])c(C(=O)OC(C)(C)C)c2C)c1F)[SH](=O)=O. The lowest BCUT2D eigenvalue weighted by molar-refractivity contribution is -0.385. The average molecular weight is 611 g/mol. The Balaban J connectivity index is 2.57. The van der Waals surface area contributed by atoms with Gasteiger partial charge in [-0.05, 0) is 46.6 Å². The van der Waals surface area contributed by atoms with Gasteiger partial charge < -0.3 is 9.47 Å². The number of sulfone groups is 1. The number of rotatable bonds is 12. The number of hydrogen-bond acceptors (Lipinski definition) is 9. The van der Waals surface area contributed by atoms with Gasteiger partial charge in [0.25, 0.3) is 5.69 Å². The van der Waals surface area contributed by atoms with Gasteiger partial charge in [-0.1, -0.05) is 6.92 Å². The number of halogens is 3. The maximum absolute atomic E-state index is 15.5. The number of nitro benzene ring substituents is 1. The molecule has 0 aliphatic rings. The van der Waals surface area contributed by atoms with Crippen LogP contribution in [-0.2, 0) is 25.5 Å². The Kier molecular flexibility index (Phi) is 10.5. The molecular formula is C24H29F3N2O9S2. The summed E-state index contributed by atoms with van der Waals surface area (Å²) in [4.78, 5) is 23.4. The predicted molar refractivity (Wildman–Crippen MR) is 141 cm³/mol. The highest BCUT2D eigenvalue weighted by molar-refractivity contribution is 7.91. The van der Waals surface area contributed by atoms with Gasteiger partial charge in [-0.15, -0.1) is 0 Å². The van der Waals surface area contributed by atoms with Crippen LogP contribution in [0.3, 0.4) is 0 Å². The summed E-state index contributed by atoms with van der Waals surface area (Å²) in [6.07, 6.45) is 0.0685. The van der Waals surface area contributed by atoms with Crippen molar-refractivity contribution in [3.8, 4) is 11.5 Å². The number of nitrogens with zero attached hydrogens (tertiary/aromatic N) is 2. The number of benzene rings is 2. The first-order chi connectivity index (χ1) is 18.4. The molecule has 0 saturated heterocycles. The summed E-state index contributed by atoms with van der Waals surface area (Å²) in [5, 5.41) is 11.5. The minimum atomic E-state index is -3.63. The Labute approximate surface area is 231 Å². The van der Waals surface area contributed by atoms with Crippen molar-refractivity contribution in [1.29, 1.82) is 0 Å². The lowest BCUT2D eigenvalue weighted by Gasteiger charge is -2.22. The molecule has 16 heteroatoms. The average Bonchev–Trinajstić information content (AvgIpc) is 2.81. The molecule has 0 bridgehead atoms. The zero-order valence-electron chi connectivity index (χ0n) is 22.3. The molecule has 11 nitrogen and oxygen atoms in total. The highest BCUT2D eigenvalue weighted by Crippen LogP contribution is 2.39. The molecule has 0 fully saturated rings. The summed E-state index contributed by atoms with van der Waals surface area (Å²) < 4.78 is 103. The predicted octanol–water partition coefficient (Wildman–Crippen LogP) is 4.62. The Hall–Kier alpha value is -3.40. The van der Waals surface area contributed by atoms with E-state index < -0.39 is 95.4 Å². The largest absolute Gasteiger partial charge is 0.456 e. The molecule has 0 radical (unpaired) electrons. The summed E-state index contributed by atoms with van der Waals surface area (Å²) in [5.74, 6) is -8.75. The van der Waals surface area contributed by atoms with Crippen LogP contribution in [0.15, 0.2) is 18.2 Å². The smallest absolute Gasteiger partial charge is 0.346 e. The summed E-state index contributed by atoms with van der Waals surface area (Å²) in [5.41, 5.74) is -3.54. The summed E-state index contributed by atoms with van der Waals surface area (Å²) in [6.45, 7) is 6.78. The van der Waals surface area contributed by atoms with Gasteiger partial charge >= 0.3 is 5.97 Å². The second kappa shape index (κ2) is 12.8. The molecule has 0 aliphatic heterocycles. The van der Waals surface area contributed by atoms with E-state index in [1.165, 1.54) is 27.7 Å². The molecule has 0 heterocycles. The lowest BCUT2D eigenvalue weighted by atomic mass is 10.0. The quantitative estimate of drug-likeness (QED) is 0.119. The molecule has 40 heavy (non-hydrogen) atoms. The van der Waals surface area contributed by atoms with Crippen molar-refractivity contribution < 1.29 is 49.2 Å². The number of carbonyl (C=O) groups excluding carboxylic acids is 1. The number of ether oxygens (including phenoxy) is 2. The molecule has 2 rings (SSSR count). The van der Waals surface area contributed by atoms with Gasteiger partial charge in [0.1, 0.15) is 26.8 Å². The third-order valence-corrected chi connectivity index (χ3v) is 8.07. The molecule has 2 aromatic carbocycles. The first-order valence-electron chi connectivity index (χ1n) is 11.9. The van der Waals surface area contributed by atoms with Crippen LogP contribution in [0.1, 0.15) is 56.5 Å². The van der Waals surface area contributed by atoms with Crippen molar-refractivity contribution in [2.45, 2.75) is 53.1 Å². The Morgan fingerprint density at radius 1 is 1.12 bits per heavy atom. The summed E-state index contributed by atoms with van der Waals surface area (Å²) in [6, 6.07) is 2.03. The monoisotopic (exact) mass is 610 g/mol. The Morgan fingerprint density at radius 3 is 2.27 bits per heavy atom. The molecule has 0 spiro atoms. The normalized spacial score (nSPS) is 11.9. The highest BCUT2D eigenvalue weighted by atomic mass is 32.2. The maximum atomic E-state index is 15.5. The minimum Gasteiger partial charge on any atom is -0.456 e. The van der Waals surface area contributed by atoms with Gasteiger partial charge in [-0.3, -0.25) is 14.4 Å². The topological polar surface area (TPSA) is 150 Å². The van der Waals surface area contributed by atoms with Crippen molar-refractivity contribution in [2.75, 3.05) is 22.4 Å². The summed E-state index contributed by atoms with van der Waals surface area (Å²) in [7, 11) is -7.14. The molecule has 0 aromatic heterocycles. The minimum absolute atomic E-state index is 0.145. The lowest BCUT2D eigenvalue weighted by Crippen LogP contribution is -2.26. The fourth-order valence-electron chi connectivity index (χ4n) is 3.62. The first-order valence-corrected chi connectivity index (χ1v) is 14.8. The Bertz CT molecular complexity index is 1480. The number of esters is 1. The molecule has 0 N–H and O–H groups in total. The molecule has 0 aliphatic carbocycles. The van der Waals surface area contributed by atoms with Crippen molar-refractivity contribution >= 4 is 38.1 Å². The van der Waals surface area contributed by atoms with Gasteiger partial charge in [-0.2, -0.15) is 4.39 Å². The second-order valence-corrected chi connectivity index (χ2v) is 12.9. The van der Waals surface area contributed by atoms with Gasteiger partial charge in [0, 0.05) is 30.0 Å². The van der Waals surface area contributed by atoms with Crippen LogP contribution in [-0.4, -0.2) is 51.4 Å². The fraction of sp³-hybridized carbons (Fsp3) is 0.458. The van der Waals surface area contributed by atoms with Crippen LogP contribution >= 0.6 is 0 Å². The number of anilines is 1. The van der Waals surface area contributed by atoms with Crippen molar-refractivity contribution in [2.24, 2.45) is 0 Å².